The summed E-state index contributed by atoms with van der Waals surface area (Å²) in [6.45, 7) is 4.15. The van der Waals surface area contributed by atoms with Crippen molar-refractivity contribution in [2.75, 3.05) is 26.2 Å². The topological polar surface area (TPSA) is 40.9 Å². The predicted molar refractivity (Wildman–Crippen MR) is 109 cm³/mol. The maximum Gasteiger partial charge on any atom is 0.233 e. The van der Waals surface area contributed by atoms with Gasteiger partial charge in [0.2, 0.25) is 5.91 Å². The first-order chi connectivity index (χ1) is 13.6. The molecule has 3 aromatic rings. The van der Waals surface area contributed by atoms with E-state index in [1.807, 2.05) is 53.6 Å². The summed E-state index contributed by atoms with van der Waals surface area (Å²) in [5.74, 6) is 0.280. The van der Waals surface area contributed by atoms with E-state index in [1.54, 1.807) is 0 Å². The summed E-state index contributed by atoms with van der Waals surface area (Å²) in [6, 6.07) is 13.8. The fraction of sp³-hybridized carbons (Fsp3) is 0.364. The van der Waals surface area contributed by atoms with Crippen LogP contribution in [0.5, 0.6) is 0 Å². The van der Waals surface area contributed by atoms with Crippen LogP contribution in [0.25, 0.3) is 5.65 Å². The summed E-state index contributed by atoms with van der Waals surface area (Å²) in [5, 5.41) is 0.715. The molecule has 1 aliphatic heterocycles. The highest BCUT2D eigenvalue weighted by atomic mass is 35.5. The lowest BCUT2D eigenvalue weighted by atomic mass is 9.94. The molecule has 0 atom stereocenters. The molecule has 1 saturated carbocycles. The smallest absolute Gasteiger partial charge is 0.233 e. The molecule has 2 aliphatic rings. The average Bonchev–Trinajstić information content (AvgIpc) is 3.42. The molecule has 0 spiro atoms. The molecule has 0 radical (unpaired) electrons. The van der Waals surface area contributed by atoms with Crippen molar-refractivity contribution < 1.29 is 4.79 Å². The minimum absolute atomic E-state index is 0.280. The zero-order valence-electron chi connectivity index (χ0n) is 15.7. The van der Waals surface area contributed by atoms with E-state index >= 15 is 0 Å². The van der Waals surface area contributed by atoms with Gasteiger partial charge in [-0.3, -0.25) is 9.69 Å². The molecule has 0 unspecified atom stereocenters. The van der Waals surface area contributed by atoms with E-state index in [2.05, 4.69) is 20.5 Å². The number of carbonyl (C=O) groups is 1. The molecule has 1 saturated heterocycles. The number of rotatable bonds is 4. The van der Waals surface area contributed by atoms with Gasteiger partial charge in [0.1, 0.15) is 5.65 Å². The number of benzene rings is 1. The molecule has 6 heteroatoms. The van der Waals surface area contributed by atoms with Gasteiger partial charge >= 0.3 is 0 Å². The van der Waals surface area contributed by atoms with Crippen LogP contribution < -0.4 is 0 Å². The molecule has 5 nitrogen and oxygen atoms in total. The lowest BCUT2D eigenvalue weighted by Crippen LogP contribution is -2.51. The second-order valence-electron chi connectivity index (χ2n) is 7.86. The van der Waals surface area contributed by atoms with Gasteiger partial charge in [0, 0.05) is 50.1 Å². The van der Waals surface area contributed by atoms with Crippen molar-refractivity contribution in [1.82, 2.24) is 19.2 Å². The second kappa shape index (κ2) is 6.90. The molecule has 144 valence electrons. The molecule has 1 amide bonds. The normalized spacial score (nSPS) is 19.1. The summed E-state index contributed by atoms with van der Waals surface area (Å²) < 4.78 is 2.05. The zero-order valence-corrected chi connectivity index (χ0v) is 16.5. The molecule has 28 heavy (non-hydrogen) atoms. The Morgan fingerprint density at radius 3 is 2.46 bits per heavy atom. The molecule has 2 fully saturated rings. The molecular formula is C22H23ClN4O. The maximum atomic E-state index is 13.2. The summed E-state index contributed by atoms with van der Waals surface area (Å²) in [6.07, 6.45) is 5.99. The number of carbonyl (C=O) groups excluding carboxylic acids is 1. The number of nitrogens with zero attached hydrogens (tertiary/aromatic N) is 4. The number of aromatic nitrogens is 2. The lowest BCUT2D eigenvalue weighted by molar-refractivity contribution is -0.135. The van der Waals surface area contributed by atoms with E-state index in [-0.39, 0.29) is 11.3 Å². The largest absolute Gasteiger partial charge is 0.339 e. The van der Waals surface area contributed by atoms with Gasteiger partial charge in [0.15, 0.2) is 0 Å². The van der Waals surface area contributed by atoms with Gasteiger partial charge in [-0.1, -0.05) is 29.8 Å². The minimum Gasteiger partial charge on any atom is -0.339 e. The second-order valence-corrected chi connectivity index (χ2v) is 8.29. The molecule has 5 rings (SSSR count). The van der Waals surface area contributed by atoms with Gasteiger partial charge < -0.3 is 9.30 Å². The van der Waals surface area contributed by atoms with Crippen LogP contribution in [-0.4, -0.2) is 51.3 Å². The van der Waals surface area contributed by atoms with Crippen molar-refractivity contribution in [3.8, 4) is 0 Å². The molecule has 3 heterocycles. The van der Waals surface area contributed by atoms with Crippen LogP contribution in [0.1, 0.15) is 24.1 Å². The molecule has 0 N–H and O–H groups in total. The Labute approximate surface area is 169 Å². The fourth-order valence-electron chi connectivity index (χ4n) is 4.22. The number of amides is 1. The van der Waals surface area contributed by atoms with E-state index in [4.69, 9.17) is 11.6 Å². The van der Waals surface area contributed by atoms with Crippen LogP contribution >= 0.6 is 11.6 Å². The highest BCUT2D eigenvalue weighted by Gasteiger charge is 2.53. The molecule has 2 aromatic heterocycles. The summed E-state index contributed by atoms with van der Waals surface area (Å²) >= 11 is 6.01. The first-order valence-electron chi connectivity index (χ1n) is 9.84. The number of piperazine rings is 1. The van der Waals surface area contributed by atoms with Crippen LogP contribution in [-0.2, 0) is 16.8 Å². The van der Waals surface area contributed by atoms with E-state index in [9.17, 15) is 4.79 Å². The fourth-order valence-corrected chi connectivity index (χ4v) is 4.35. The van der Waals surface area contributed by atoms with Gasteiger partial charge in [0.25, 0.3) is 0 Å². The third kappa shape index (κ3) is 3.19. The summed E-state index contributed by atoms with van der Waals surface area (Å²) in [7, 11) is 0. The Bertz CT molecular complexity index is 968. The number of pyridine rings is 1. The number of hydrogen-bond donors (Lipinski definition) is 0. The molecule has 1 aromatic carbocycles. The van der Waals surface area contributed by atoms with Crippen molar-refractivity contribution in [3.63, 3.8) is 0 Å². The lowest BCUT2D eigenvalue weighted by Gasteiger charge is -2.36. The Balaban J connectivity index is 1.22. The van der Waals surface area contributed by atoms with E-state index in [0.717, 1.165) is 62.5 Å². The summed E-state index contributed by atoms with van der Waals surface area (Å²) in [4.78, 5) is 22.3. The number of fused-ring (bicyclic) bond motifs is 1. The van der Waals surface area contributed by atoms with Crippen LogP contribution in [0.3, 0.4) is 0 Å². The highest BCUT2D eigenvalue weighted by molar-refractivity contribution is 6.30. The number of hydrogen-bond acceptors (Lipinski definition) is 3. The van der Waals surface area contributed by atoms with Gasteiger partial charge in [-0.2, -0.15) is 0 Å². The first-order valence-corrected chi connectivity index (χ1v) is 10.2. The monoisotopic (exact) mass is 394 g/mol. The quantitative estimate of drug-likeness (QED) is 0.681. The van der Waals surface area contributed by atoms with Gasteiger partial charge in [-0.05, 0) is 42.7 Å². The first kappa shape index (κ1) is 17.7. The third-order valence-corrected chi connectivity index (χ3v) is 6.27. The van der Waals surface area contributed by atoms with E-state index in [1.165, 1.54) is 0 Å². The predicted octanol–water partition coefficient (Wildman–Crippen LogP) is 3.36. The highest BCUT2D eigenvalue weighted by Crippen LogP contribution is 2.49. The molecule has 0 bridgehead atoms. The standard InChI is InChI=1S/C22H23ClN4O/c23-18-6-4-17(5-7-18)22(8-9-22)21(28)26-13-11-25(12-14-26)15-19-16-27-10-2-1-3-20(27)24-19/h1-7,10,16H,8-9,11-15H2. The number of imidazole rings is 1. The average molecular weight is 395 g/mol. The van der Waals surface area contributed by atoms with Crippen molar-refractivity contribution in [1.29, 1.82) is 0 Å². The van der Waals surface area contributed by atoms with Crippen LogP contribution in [0.4, 0.5) is 0 Å². The number of halogens is 1. The van der Waals surface area contributed by atoms with Crippen LogP contribution in [0, 0.1) is 0 Å². The Kier molecular flexibility index (Phi) is 4.37. The molecule has 1 aliphatic carbocycles. The van der Waals surface area contributed by atoms with Crippen molar-refractivity contribution in [2.45, 2.75) is 24.8 Å². The minimum atomic E-state index is -0.311. The van der Waals surface area contributed by atoms with Crippen molar-refractivity contribution in [2.24, 2.45) is 0 Å². The van der Waals surface area contributed by atoms with Crippen molar-refractivity contribution >= 4 is 23.2 Å². The Morgan fingerprint density at radius 1 is 1.04 bits per heavy atom. The summed E-state index contributed by atoms with van der Waals surface area (Å²) in [5.41, 5.74) is 2.85. The van der Waals surface area contributed by atoms with Gasteiger partial charge in [-0.15, -0.1) is 0 Å². The van der Waals surface area contributed by atoms with Crippen molar-refractivity contribution in [3.05, 3.63) is 71.1 Å². The van der Waals surface area contributed by atoms with Gasteiger partial charge in [0.05, 0.1) is 11.1 Å². The van der Waals surface area contributed by atoms with E-state index in [0.29, 0.717) is 5.02 Å². The third-order valence-electron chi connectivity index (χ3n) is 6.02. The SMILES string of the molecule is O=C(N1CCN(Cc2cn3ccccc3n2)CC1)C1(c2ccc(Cl)cc2)CC1. The Morgan fingerprint density at radius 2 is 1.79 bits per heavy atom. The van der Waals surface area contributed by atoms with Gasteiger partial charge in [-0.25, -0.2) is 4.98 Å². The maximum absolute atomic E-state index is 13.2. The molecular weight excluding hydrogens is 372 g/mol. The zero-order chi connectivity index (χ0) is 19.1. The van der Waals surface area contributed by atoms with E-state index < -0.39 is 0 Å². The Hall–Kier alpha value is -2.37. The van der Waals surface area contributed by atoms with Crippen LogP contribution in [0.2, 0.25) is 5.02 Å². The van der Waals surface area contributed by atoms with Crippen LogP contribution in [0.15, 0.2) is 54.9 Å².